The number of fused-ring (bicyclic) bond motifs is 6. The fourth-order valence-electron chi connectivity index (χ4n) is 1.60. The summed E-state index contributed by atoms with van der Waals surface area (Å²) in [5.74, 6) is 0.695. The maximum absolute atomic E-state index is 6.05. The quantitative estimate of drug-likeness (QED) is 0.446. The number of halogens is 1. The summed E-state index contributed by atoms with van der Waals surface area (Å²) < 4.78 is 16.2. The van der Waals surface area contributed by atoms with Crippen molar-refractivity contribution in [1.29, 1.82) is 0 Å². The molecule has 12 heavy (non-hydrogen) atoms. The Bertz CT molecular complexity index is 140. The van der Waals surface area contributed by atoms with Crippen LogP contribution in [0.1, 0.15) is 19.3 Å². The largest absolute Gasteiger partial charge is 0.613 e. The molecule has 3 aliphatic heterocycles. The molecule has 0 aromatic carbocycles. The molecule has 0 aliphatic carbocycles. The van der Waals surface area contributed by atoms with Crippen LogP contribution >= 0.6 is 11.1 Å². The Morgan fingerprint density at radius 1 is 0.917 bits per heavy atom. The molecular weight excluding hydrogens is 196 g/mol. The van der Waals surface area contributed by atoms with E-state index < -0.39 is 8.11 Å². The standard InChI is InChI=1S/C7H13ClO3Si/c8-12-9-4-1-7(2-5-10-12)3-6-11-12/h7H,1-6H2. The molecule has 3 heterocycles. The van der Waals surface area contributed by atoms with Gasteiger partial charge in [0.1, 0.15) is 0 Å². The molecule has 3 rings (SSSR count). The van der Waals surface area contributed by atoms with Crippen molar-refractivity contribution in [2.24, 2.45) is 5.92 Å². The zero-order valence-electron chi connectivity index (χ0n) is 6.92. The first kappa shape index (κ1) is 8.96. The average molecular weight is 209 g/mol. The third-order valence-electron chi connectivity index (χ3n) is 2.40. The summed E-state index contributed by atoms with van der Waals surface area (Å²) in [6, 6.07) is 0. The minimum absolute atomic E-state index is 0.695. The van der Waals surface area contributed by atoms with Crippen LogP contribution in [0.4, 0.5) is 0 Å². The van der Waals surface area contributed by atoms with E-state index in [-0.39, 0.29) is 0 Å². The monoisotopic (exact) mass is 208 g/mol. The fourth-order valence-corrected chi connectivity index (χ4v) is 3.63. The molecule has 0 spiro atoms. The summed E-state index contributed by atoms with van der Waals surface area (Å²) >= 11 is 6.05. The second-order valence-corrected chi connectivity index (χ2v) is 6.48. The Labute approximate surface area is 78.0 Å². The highest BCUT2D eigenvalue weighted by Crippen LogP contribution is 2.27. The molecule has 3 fully saturated rings. The molecule has 0 unspecified atom stereocenters. The maximum atomic E-state index is 6.05. The number of hydrogen-bond acceptors (Lipinski definition) is 3. The van der Waals surface area contributed by atoms with Gasteiger partial charge in [0.2, 0.25) is 0 Å². The van der Waals surface area contributed by atoms with Crippen LogP contribution in [-0.2, 0) is 13.3 Å². The summed E-state index contributed by atoms with van der Waals surface area (Å²) in [6.07, 6.45) is 3.32. The van der Waals surface area contributed by atoms with Crippen molar-refractivity contribution in [2.45, 2.75) is 19.3 Å². The summed E-state index contributed by atoms with van der Waals surface area (Å²) in [4.78, 5) is 0. The first-order valence-electron chi connectivity index (χ1n) is 4.39. The molecule has 0 amide bonds. The van der Waals surface area contributed by atoms with E-state index >= 15 is 0 Å². The summed E-state index contributed by atoms with van der Waals surface area (Å²) in [7, 11) is -2.71. The molecule has 70 valence electrons. The van der Waals surface area contributed by atoms with Crippen molar-refractivity contribution in [3.8, 4) is 0 Å². The van der Waals surface area contributed by atoms with Crippen molar-refractivity contribution >= 4 is 19.2 Å². The molecular formula is C7H13ClO3Si. The van der Waals surface area contributed by atoms with Gasteiger partial charge < -0.3 is 13.3 Å². The van der Waals surface area contributed by atoms with Crippen molar-refractivity contribution in [3.63, 3.8) is 0 Å². The van der Waals surface area contributed by atoms with E-state index in [0.29, 0.717) is 25.7 Å². The van der Waals surface area contributed by atoms with Gasteiger partial charge in [-0.3, -0.25) is 0 Å². The normalized spacial score (nSPS) is 43.2. The van der Waals surface area contributed by atoms with E-state index in [9.17, 15) is 0 Å². The number of hydrogen-bond donors (Lipinski definition) is 0. The Hall–Kier alpha value is 0.387. The van der Waals surface area contributed by atoms with E-state index in [1.807, 2.05) is 0 Å². The molecule has 3 aliphatic rings. The van der Waals surface area contributed by atoms with E-state index in [4.69, 9.17) is 24.4 Å². The third-order valence-corrected chi connectivity index (χ3v) is 5.03. The minimum atomic E-state index is -2.71. The van der Waals surface area contributed by atoms with Crippen LogP contribution in [0.5, 0.6) is 0 Å². The van der Waals surface area contributed by atoms with Gasteiger partial charge in [-0.05, 0) is 25.2 Å². The van der Waals surface area contributed by atoms with Crippen LogP contribution in [0, 0.1) is 5.92 Å². The Kier molecular flexibility index (Phi) is 2.71. The van der Waals surface area contributed by atoms with E-state index in [2.05, 4.69) is 0 Å². The molecule has 0 radical (unpaired) electrons. The lowest BCUT2D eigenvalue weighted by Crippen LogP contribution is -2.45. The maximum Gasteiger partial charge on any atom is 0.613 e. The zero-order chi connectivity index (χ0) is 8.44. The van der Waals surface area contributed by atoms with Crippen LogP contribution in [0.25, 0.3) is 0 Å². The van der Waals surface area contributed by atoms with Gasteiger partial charge in [-0.2, -0.15) is 0 Å². The predicted molar refractivity (Wildman–Crippen MR) is 46.8 cm³/mol. The molecule has 3 nitrogen and oxygen atoms in total. The SMILES string of the molecule is Cl[Si]12OCCC(CCO1)CCO2. The van der Waals surface area contributed by atoms with Gasteiger partial charge in [0.15, 0.2) is 0 Å². The summed E-state index contributed by atoms with van der Waals surface area (Å²) in [5.41, 5.74) is 0. The van der Waals surface area contributed by atoms with Gasteiger partial charge in [-0.1, -0.05) is 11.1 Å². The van der Waals surface area contributed by atoms with Crippen LogP contribution in [0.2, 0.25) is 0 Å². The lowest BCUT2D eigenvalue weighted by Gasteiger charge is -2.32. The number of rotatable bonds is 0. The van der Waals surface area contributed by atoms with Crippen molar-refractivity contribution in [3.05, 3.63) is 0 Å². The minimum Gasteiger partial charge on any atom is -0.362 e. The van der Waals surface area contributed by atoms with E-state index in [1.165, 1.54) is 0 Å². The first-order valence-corrected chi connectivity index (χ1v) is 7.13. The third kappa shape index (κ3) is 2.00. The van der Waals surface area contributed by atoms with Gasteiger partial charge in [-0.25, -0.2) is 0 Å². The highest BCUT2D eigenvalue weighted by molar-refractivity contribution is 7.09. The zero-order valence-corrected chi connectivity index (χ0v) is 8.68. The van der Waals surface area contributed by atoms with Gasteiger partial charge in [0, 0.05) is 19.8 Å². The molecule has 5 heteroatoms. The second kappa shape index (κ2) is 3.63. The van der Waals surface area contributed by atoms with Crippen LogP contribution < -0.4 is 0 Å². The molecule has 0 atom stereocenters. The molecule has 0 aromatic rings. The average Bonchev–Trinajstić information content (AvgIpc) is 1.93. The smallest absolute Gasteiger partial charge is 0.362 e. The predicted octanol–water partition coefficient (Wildman–Crippen LogP) is 1.52. The van der Waals surface area contributed by atoms with Crippen molar-refractivity contribution in [1.82, 2.24) is 0 Å². The van der Waals surface area contributed by atoms with Crippen LogP contribution in [0.15, 0.2) is 0 Å². The van der Waals surface area contributed by atoms with Crippen molar-refractivity contribution in [2.75, 3.05) is 19.8 Å². The topological polar surface area (TPSA) is 27.7 Å². The fraction of sp³-hybridized carbons (Fsp3) is 1.00. The highest BCUT2D eigenvalue weighted by Gasteiger charge is 2.42. The Morgan fingerprint density at radius 2 is 1.33 bits per heavy atom. The van der Waals surface area contributed by atoms with Crippen LogP contribution in [0.3, 0.4) is 0 Å². The van der Waals surface area contributed by atoms with Gasteiger partial charge in [0.05, 0.1) is 0 Å². The van der Waals surface area contributed by atoms with Gasteiger partial charge in [-0.15, -0.1) is 0 Å². The molecule has 0 saturated carbocycles. The van der Waals surface area contributed by atoms with Crippen molar-refractivity contribution < 1.29 is 13.3 Å². The highest BCUT2D eigenvalue weighted by atomic mass is 35.6. The Balaban J connectivity index is 2.06. The van der Waals surface area contributed by atoms with Gasteiger partial charge >= 0.3 is 8.11 Å². The van der Waals surface area contributed by atoms with E-state index in [1.54, 1.807) is 0 Å². The first-order chi connectivity index (χ1) is 5.79. The van der Waals surface area contributed by atoms with Gasteiger partial charge in [0.25, 0.3) is 0 Å². The lowest BCUT2D eigenvalue weighted by molar-refractivity contribution is 0.0255. The Morgan fingerprint density at radius 3 is 1.75 bits per heavy atom. The molecule has 0 aromatic heterocycles. The molecule has 0 N–H and O–H groups in total. The summed E-state index contributed by atoms with van der Waals surface area (Å²) in [6.45, 7) is 2.08. The van der Waals surface area contributed by atoms with E-state index in [0.717, 1.165) is 19.3 Å². The molecule has 2 bridgehead atoms. The second-order valence-electron chi connectivity index (χ2n) is 3.26. The van der Waals surface area contributed by atoms with Crippen LogP contribution in [-0.4, -0.2) is 27.9 Å². The molecule has 3 saturated heterocycles. The summed E-state index contributed by atoms with van der Waals surface area (Å²) in [5, 5.41) is 0. The lowest BCUT2D eigenvalue weighted by atomic mass is 9.99.